The summed E-state index contributed by atoms with van der Waals surface area (Å²) in [6.07, 6.45) is 7.12. The van der Waals surface area contributed by atoms with Crippen molar-refractivity contribution in [2.45, 2.75) is 19.3 Å². The lowest BCUT2D eigenvalue weighted by molar-refractivity contribution is 0.518. The van der Waals surface area contributed by atoms with Crippen molar-refractivity contribution in [2.75, 3.05) is 4.43 Å². The van der Waals surface area contributed by atoms with Crippen molar-refractivity contribution >= 4 is 44.1 Å². The second-order valence-corrected chi connectivity index (χ2v) is 7.52. The normalized spacial score (nSPS) is 16.3. The summed E-state index contributed by atoms with van der Waals surface area (Å²) in [6, 6.07) is 21.7. The fourth-order valence-corrected chi connectivity index (χ4v) is 4.53. The Hall–Kier alpha value is -1.81. The number of fused-ring (bicyclic) bond motifs is 5. The molecule has 0 spiro atoms. The van der Waals surface area contributed by atoms with Gasteiger partial charge in [0.1, 0.15) is 0 Å². The molecule has 25 heavy (non-hydrogen) atoms. The fourth-order valence-electron chi connectivity index (χ4n) is 3.78. The van der Waals surface area contributed by atoms with E-state index < -0.39 is 0 Å². The van der Waals surface area contributed by atoms with E-state index in [1.807, 2.05) is 12.1 Å². The minimum atomic E-state index is 0.861. The van der Waals surface area contributed by atoms with Gasteiger partial charge in [-0.25, -0.2) is 0 Å². The van der Waals surface area contributed by atoms with Crippen molar-refractivity contribution in [1.29, 1.82) is 0 Å². The molecular formula is C23H21IO. The largest absolute Gasteiger partial charge is 0.473 e. The van der Waals surface area contributed by atoms with E-state index >= 15 is 0 Å². The Labute approximate surface area is 162 Å². The molecule has 0 saturated carbocycles. The number of alkyl halides is 1. The van der Waals surface area contributed by atoms with Crippen LogP contribution >= 0.6 is 22.6 Å². The van der Waals surface area contributed by atoms with Gasteiger partial charge in [0, 0.05) is 4.43 Å². The minimum Gasteiger partial charge on any atom is -0.473 e. The van der Waals surface area contributed by atoms with Gasteiger partial charge in [-0.1, -0.05) is 71.1 Å². The number of rotatable bonds is 1. The molecule has 1 nitrogen and oxygen atoms in total. The first kappa shape index (κ1) is 16.6. The summed E-state index contributed by atoms with van der Waals surface area (Å²) >= 11 is 2.54. The third-order valence-electron chi connectivity index (χ3n) is 5.09. The van der Waals surface area contributed by atoms with E-state index in [2.05, 4.69) is 75.5 Å². The van der Waals surface area contributed by atoms with E-state index in [0.717, 1.165) is 5.92 Å². The Balaban J connectivity index is 0.000000272. The Kier molecular flexibility index (Phi) is 5.07. The van der Waals surface area contributed by atoms with Crippen LogP contribution in [0.4, 0.5) is 0 Å². The third kappa shape index (κ3) is 3.45. The predicted molar refractivity (Wildman–Crippen MR) is 115 cm³/mol. The standard InChI is InChI=1S/C19H17I.C4H4O/c20-12-13-5-6-15-8-9-17-16-4-2-1-3-14(16)7-10-18(17)19(15)11-13;1-2-4-5-3-1/h1-4,7-10,13H,5-6,11-12H2;1-4H. The second kappa shape index (κ2) is 7.61. The summed E-state index contributed by atoms with van der Waals surface area (Å²) < 4.78 is 5.86. The number of benzene rings is 3. The molecule has 2 heteroatoms. The zero-order valence-electron chi connectivity index (χ0n) is 14.1. The van der Waals surface area contributed by atoms with Gasteiger partial charge in [-0.05, 0) is 70.0 Å². The van der Waals surface area contributed by atoms with E-state index in [0.29, 0.717) is 0 Å². The Morgan fingerprint density at radius 2 is 1.64 bits per heavy atom. The summed E-state index contributed by atoms with van der Waals surface area (Å²) in [6.45, 7) is 0. The fraction of sp³-hybridized carbons (Fsp3) is 0.217. The highest BCUT2D eigenvalue weighted by molar-refractivity contribution is 14.1. The van der Waals surface area contributed by atoms with Crippen LogP contribution in [0.15, 0.2) is 77.6 Å². The van der Waals surface area contributed by atoms with Gasteiger partial charge in [0.15, 0.2) is 0 Å². The first-order valence-corrected chi connectivity index (χ1v) is 10.3. The van der Waals surface area contributed by atoms with Gasteiger partial charge in [0.05, 0.1) is 12.5 Å². The molecule has 1 aliphatic rings. The summed E-state index contributed by atoms with van der Waals surface area (Å²) in [5.74, 6) is 0.861. The van der Waals surface area contributed by atoms with E-state index in [9.17, 15) is 0 Å². The van der Waals surface area contributed by atoms with Gasteiger partial charge in [0.25, 0.3) is 0 Å². The maximum Gasteiger partial charge on any atom is 0.0902 e. The SMILES string of the molecule is ICC1CCc2ccc3c(ccc4ccccc43)c2C1.c1ccoc1. The summed E-state index contributed by atoms with van der Waals surface area (Å²) in [5.41, 5.74) is 3.19. The van der Waals surface area contributed by atoms with Gasteiger partial charge in [0.2, 0.25) is 0 Å². The maximum atomic E-state index is 4.58. The maximum absolute atomic E-state index is 4.58. The zero-order chi connectivity index (χ0) is 17.1. The van der Waals surface area contributed by atoms with Gasteiger partial charge >= 0.3 is 0 Å². The molecule has 0 saturated heterocycles. The van der Waals surface area contributed by atoms with Crippen LogP contribution in [0.5, 0.6) is 0 Å². The van der Waals surface area contributed by atoms with E-state index in [4.69, 9.17) is 0 Å². The lowest BCUT2D eigenvalue weighted by Crippen LogP contribution is -2.15. The highest BCUT2D eigenvalue weighted by atomic mass is 127. The van der Waals surface area contributed by atoms with Crippen molar-refractivity contribution in [1.82, 2.24) is 0 Å². The molecule has 1 atom stereocenters. The molecule has 0 fully saturated rings. The molecule has 1 aliphatic carbocycles. The van der Waals surface area contributed by atoms with Gasteiger partial charge in [-0.15, -0.1) is 0 Å². The lowest BCUT2D eigenvalue weighted by Gasteiger charge is -2.25. The first-order chi connectivity index (χ1) is 12.4. The predicted octanol–water partition coefficient (Wildman–Crippen LogP) is 6.81. The van der Waals surface area contributed by atoms with E-state index in [1.165, 1.54) is 45.2 Å². The molecular weight excluding hydrogens is 419 g/mol. The van der Waals surface area contributed by atoms with Crippen LogP contribution in [0.3, 0.4) is 0 Å². The van der Waals surface area contributed by atoms with Crippen molar-refractivity contribution in [3.63, 3.8) is 0 Å². The molecule has 1 heterocycles. The number of aryl methyl sites for hydroxylation is 1. The first-order valence-electron chi connectivity index (χ1n) is 8.82. The monoisotopic (exact) mass is 440 g/mol. The second-order valence-electron chi connectivity index (χ2n) is 6.64. The lowest BCUT2D eigenvalue weighted by atomic mass is 9.82. The molecule has 126 valence electrons. The molecule has 3 aromatic carbocycles. The Morgan fingerprint density at radius 3 is 2.40 bits per heavy atom. The highest BCUT2D eigenvalue weighted by Gasteiger charge is 2.19. The van der Waals surface area contributed by atoms with Crippen molar-refractivity contribution in [3.8, 4) is 0 Å². The topological polar surface area (TPSA) is 13.1 Å². The average Bonchev–Trinajstić information content (AvgIpc) is 3.27. The molecule has 1 aromatic heterocycles. The van der Waals surface area contributed by atoms with E-state index in [-0.39, 0.29) is 0 Å². The molecule has 0 N–H and O–H groups in total. The van der Waals surface area contributed by atoms with Gasteiger partial charge < -0.3 is 4.42 Å². The molecule has 0 bridgehead atoms. The number of hydrogen-bond acceptors (Lipinski definition) is 1. The van der Waals surface area contributed by atoms with Crippen LogP contribution in [0.25, 0.3) is 21.5 Å². The summed E-state index contributed by atoms with van der Waals surface area (Å²) in [5, 5.41) is 5.65. The van der Waals surface area contributed by atoms with Gasteiger partial charge in [-0.2, -0.15) is 0 Å². The van der Waals surface area contributed by atoms with Gasteiger partial charge in [-0.3, -0.25) is 0 Å². The molecule has 0 amide bonds. The summed E-state index contributed by atoms with van der Waals surface area (Å²) in [4.78, 5) is 0. The van der Waals surface area contributed by atoms with Crippen LogP contribution in [-0.2, 0) is 12.8 Å². The van der Waals surface area contributed by atoms with Crippen molar-refractivity contribution in [2.24, 2.45) is 5.92 Å². The van der Waals surface area contributed by atoms with Crippen LogP contribution in [0.2, 0.25) is 0 Å². The number of furan rings is 1. The minimum absolute atomic E-state index is 0.861. The molecule has 0 radical (unpaired) electrons. The van der Waals surface area contributed by atoms with Crippen molar-refractivity contribution in [3.05, 3.63) is 84.3 Å². The molecule has 0 aliphatic heterocycles. The van der Waals surface area contributed by atoms with Crippen LogP contribution in [0, 0.1) is 5.92 Å². The molecule has 5 rings (SSSR count). The number of hydrogen-bond donors (Lipinski definition) is 0. The zero-order valence-corrected chi connectivity index (χ0v) is 16.3. The van der Waals surface area contributed by atoms with Crippen molar-refractivity contribution < 1.29 is 4.42 Å². The van der Waals surface area contributed by atoms with Crippen LogP contribution < -0.4 is 0 Å². The van der Waals surface area contributed by atoms with Crippen LogP contribution in [-0.4, -0.2) is 4.43 Å². The summed E-state index contributed by atoms with van der Waals surface area (Å²) in [7, 11) is 0. The Morgan fingerprint density at radius 1 is 0.840 bits per heavy atom. The highest BCUT2D eigenvalue weighted by Crippen LogP contribution is 2.35. The van der Waals surface area contributed by atoms with Crippen LogP contribution in [0.1, 0.15) is 17.5 Å². The molecule has 1 unspecified atom stereocenters. The number of halogens is 1. The Bertz CT molecular complexity index is 955. The van der Waals surface area contributed by atoms with E-state index in [1.54, 1.807) is 23.7 Å². The third-order valence-corrected chi connectivity index (χ3v) is 6.34. The smallest absolute Gasteiger partial charge is 0.0902 e. The quantitative estimate of drug-likeness (QED) is 0.180. The molecule has 4 aromatic rings. The average molecular weight is 440 g/mol.